The number of nitrogen functional groups attached to an aromatic ring is 1. The maximum Gasteiger partial charge on any atom is 0.142 e. The smallest absolute Gasteiger partial charge is 0.142 e. The van der Waals surface area contributed by atoms with Gasteiger partial charge >= 0.3 is 0 Å². The number of rotatable bonds is 4. The van der Waals surface area contributed by atoms with Crippen molar-refractivity contribution >= 4 is 11.6 Å². The van der Waals surface area contributed by atoms with Crippen molar-refractivity contribution in [1.29, 1.82) is 0 Å². The molecule has 1 aliphatic rings. The molecule has 0 aromatic carbocycles. The van der Waals surface area contributed by atoms with Crippen molar-refractivity contribution in [2.24, 2.45) is 11.8 Å². The molecule has 0 spiro atoms. The first-order valence-electron chi connectivity index (χ1n) is 6.52. The summed E-state index contributed by atoms with van der Waals surface area (Å²) in [4.78, 5) is 4.39. The summed E-state index contributed by atoms with van der Waals surface area (Å²) in [6, 6.07) is 6.39. The molecule has 2 rings (SSSR count). The first-order chi connectivity index (χ1) is 8.31. The lowest BCUT2D eigenvalue weighted by Crippen LogP contribution is -2.27. The number of hydrogen-bond donors (Lipinski definition) is 3. The number of hydrazine groups is 1. The number of nitrogens with zero attached hydrogens (tertiary/aromatic N) is 1. The van der Waals surface area contributed by atoms with Crippen molar-refractivity contribution in [2.45, 2.75) is 45.1 Å². The lowest BCUT2D eigenvalue weighted by Gasteiger charge is -2.29. The zero-order valence-corrected chi connectivity index (χ0v) is 10.4. The Bertz CT molecular complexity index is 353. The van der Waals surface area contributed by atoms with Crippen LogP contribution in [-0.4, -0.2) is 11.0 Å². The number of nitrogens with two attached hydrogens (primary N) is 1. The van der Waals surface area contributed by atoms with E-state index in [4.69, 9.17) is 5.84 Å². The molecule has 4 heteroatoms. The second kappa shape index (κ2) is 5.87. The molecule has 1 aromatic rings. The maximum atomic E-state index is 5.36. The number of aromatic nitrogens is 1. The maximum absolute atomic E-state index is 5.36. The minimum atomic E-state index is 0.564. The topological polar surface area (TPSA) is 63.0 Å². The normalized spacial score (nSPS) is 24.4. The van der Waals surface area contributed by atoms with Crippen LogP contribution < -0.4 is 16.6 Å². The van der Waals surface area contributed by atoms with Gasteiger partial charge in [0.2, 0.25) is 0 Å². The van der Waals surface area contributed by atoms with Crippen LogP contribution in [0, 0.1) is 5.92 Å². The van der Waals surface area contributed by atoms with Crippen LogP contribution >= 0.6 is 0 Å². The largest absolute Gasteiger partial charge is 0.367 e. The van der Waals surface area contributed by atoms with Crippen molar-refractivity contribution in [1.82, 2.24) is 4.98 Å². The molecule has 4 nitrogen and oxygen atoms in total. The fourth-order valence-electron chi connectivity index (χ4n) is 2.60. The quantitative estimate of drug-likeness (QED) is 0.553. The van der Waals surface area contributed by atoms with E-state index in [1.54, 1.807) is 0 Å². The average Bonchev–Trinajstić information content (AvgIpc) is 2.39. The summed E-state index contributed by atoms with van der Waals surface area (Å²) in [5.74, 6) is 7.85. The van der Waals surface area contributed by atoms with E-state index in [-0.39, 0.29) is 0 Å². The zero-order valence-electron chi connectivity index (χ0n) is 10.4. The fraction of sp³-hybridized carbons (Fsp3) is 0.615. The highest BCUT2D eigenvalue weighted by atomic mass is 15.3. The molecular formula is C13H22N4. The zero-order chi connectivity index (χ0) is 12.1. The lowest BCUT2D eigenvalue weighted by atomic mass is 9.84. The molecule has 4 N–H and O–H groups in total. The summed E-state index contributed by atoms with van der Waals surface area (Å²) in [5.41, 5.74) is 2.57. The number of anilines is 2. The fourth-order valence-corrected chi connectivity index (χ4v) is 2.60. The Balaban J connectivity index is 1.95. The molecule has 1 aromatic heterocycles. The second-order valence-electron chi connectivity index (χ2n) is 4.83. The van der Waals surface area contributed by atoms with Crippen molar-refractivity contribution in [3.8, 4) is 0 Å². The van der Waals surface area contributed by atoms with Crippen molar-refractivity contribution in [2.75, 3.05) is 10.7 Å². The van der Waals surface area contributed by atoms with Gasteiger partial charge < -0.3 is 10.7 Å². The van der Waals surface area contributed by atoms with Crippen LogP contribution in [0.25, 0.3) is 0 Å². The van der Waals surface area contributed by atoms with E-state index in [2.05, 4.69) is 22.7 Å². The summed E-state index contributed by atoms with van der Waals surface area (Å²) in [7, 11) is 0. The highest BCUT2D eigenvalue weighted by molar-refractivity contribution is 5.44. The molecule has 0 aliphatic heterocycles. The van der Waals surface area contributed by atoms with Crippen LogP contribution in [0.15, 0.2) is 18.2 Å². The van der Waals surface area contributed by atoms with E-state index in [1.165, 1.54) is 32.1 Å². The molecular weight excluding hydrogens is 212 g/mol. The minimum absolute atomic E-state index is 0.564. The third-order valence-electron chi connectivity index (χ3n) is 3.61. The van der Waals surface area contributed by atoms with Gasteiger partial charge in [-0.2, -0.15) is 0 Å². The molecule has 1 aliphatic carbocycles. The van der Waals surface area contributed by atoms with E-state index in [9.17, 15) is 0 Å². The third kappa shape index (κ3) is 3.33. The van der Waals surface area contributed by atoms with Gasteiger partial charge in [0.25, 0.3) is 0 Å². The minimum Gasteiger partial charge on any atom is -0.367 e. The highest BCUT2D eigenvalue weighted by Gasteiger charge is 2.20. The molecule has 1 fully saturated rings. The Hall–Kier alpha value is -1.29. The highest BCUT2D eigenvalue weighted by Crippen LogP contribution is 2.28. The summed E-state index contributed by atoms with van der Waals surface area (Å²) in [6.45, 7) is 2.28. The SMILES string of the molecule is CCC1CCCC(Nc2cccc(NN)n2)C1. The number of nitrogens with one attached hydrogen (secondary N) is 2. The van der Waals surface area contributed by atoms with Crippen LogP contribution in [0.4, 0.5) is 11.6 Å². The van der Waals surface area contributed by atoms with Gasteiger partial charge in [0.15, 0.2) is 0 Å². The van der Waals surface area contributed by atoms with E-state index in [0.717, 1.165) is 11.7 Å². The van der Waals surface area contributed by atoms with Gasteiger partial charge in [-0.1, -0.05) is 32.3 Å². The predicted octanol–water partition coefficient (Wildman–Crippen LogP) is 2.75. The molecule has 0 bridgehead atoms. The van der Waals surface area contributed by atoms with Crippen LogP contribution in [-0.2, 0) is 0 Å². The van der Waals surface area contributed by atoms with Crippen molar-refractivity contribution < 1.29 is 0 Å². The summed E-state index contributed by atoms with van der Waals surface area (Å²) < 4.78 is 0. The standard InChI is InChI=1S/C13H22N4/c1-2-10-5-3-6-11(9-10)15-12-7-4-8-13(16-12)17-14/h4,7-8,10-11H,2-3,5-6,9,14H2,1H3,(H2,15,16,17). The Kier molecular flexibility index (Phi) is 4.20. The Morgan fingerprint density at radius 3 is 2.94 bits per heavy atom. The first kappa shape index (κ1) is 12.2. The Labute approximate surface area is 103 Å². The Morgan fingerprint density at radius 1 is 1.35 bits per heavy atom. The van der Waals surface area contributed by atoms with Crippen LogP contribution in [0.1, 0.15) is 39.0 Å². The van der Waals surface area contributed by atoms with Gasteiger partial charge in [-0.25, -0.2) is 10.8 Å². The number of hydrogen-bond acceptors (Lipinski definition) is 4. The molecule has 2 unspecified atom stereocenters. The molecule has 1 saturated carbocycles. The van der Waals surface area contributed by atoms with E-state index in [0.29, 0.717) is 11.9 Å². The van der Waals surface area contributed by atoms with Crippen molar-refractivity contribution in [3.63, 3.8) is 0 Å². The summed E-state index contributed by atoms with van der Waals surface area (Å²) >= 11 is 0. The van der Waals surface area contributed by atoms with Gasteiger partial charge in [-0.05, 0) is 30.9 Å². The molecule has 2 atom stereocenters. The van der Waals surface area contributed by atoms with Gasteiger partial charge in [0.1, 0.15) is 11.6 Å². The molecule has 0 saturated heterocycles. The van der Waals surface area contributed by atoms with Crippen molar-refractivity contribution in [3.05, 3.63) is 18.2 Å². The van der Waals surface area contributed by atoms with Crippen LogP contribution in [0.2, 0.25) is 0 Å². The lowest BCUT2D eigenvalue weighted by molar-refractivity contribution is 0.327. The summed E-state index contributed by atoms with van der Waals surface area (Å²) in [6.07, 6.45) is 6.50. The van der Waals surface area contributed by atoms with Crippen LogP contribution in [0.5, 0.6) is 0 Å². The first-order valence-corrected chi connectivity index (χ1v) is 6.52. The molecule has 0 amide bonds. The van der Waals surface area contributed by atoms with E-state index in [1.807, 2.05) is 18.2 Å². The van der Waals surface area contributed by atoms with Crippen LogP contribution in [0.3, 0.4) is 0 Å². The Morgan fingerprint density at radius 2 is 2.18 bits per heavy atom. The summed E-state index contributed by atoms with van der Waals surface area (Å²) in [5, 5.41) is 3.51. The van der Waals surface area contributed by atoms with E-state index >= 15 is 0 Å². The van der Waals surface area contributed by atoms with Gasteiger partial charge in [0, 0.05) is 6.04 Å². The monoisotopic (exact) mass is 234 g/mol. The van der Waals surface area contributed by atoms with Gasteiger partial charge in [-0.3, -0.25) is 0 Å². The molecule has 94 valence electrons. The third-order valence-corrected chi connectivity index (χ3v) is 3.61. The molecule has 0 radical (unpaired) electrons. The molecule has 1 heterocycles. The number of pyridine rings is 1. The average molecular weight is 234 g/mol. The van der Waals surface area contributed by atoms with Gasteiger partial charge in [0.05, 0.1) is 0 Å². The molecule has 17 heavy (non-hydrogen) atoms. The predicted molar refractivity (Wildman–Crippen MR) is 71.7 cm³/mol. The second-order valence-corrected chi connectivity index (χ2v) is 4.83. The van der Waals surface area contributed by atoms with E-state index < -0.39 is 0 Å². The van der Waals surface area contributed by atoms with Gasteiger partial charge in [-0.15, -0.1) is 0 Å².